The summed E-state index contributed by atoms with van der Waals surface area (Å²) in [5.41, 5.74) is 2.40. The third kappa shape index (κ3) is 3.08. The van der Waals surface area contributed by atoms with Crippen molar-refractivity contribution < 1.29 is 4.79 Å². The number of hydrogen-bond donors (Lipinski definition) is 3. The van der Waals surface area contributed by atoms with Crippen LogP contribution in [0.2, 0.25) is 0 Å². The molecule has 2 heterocycles. The summed E-state index contributed by atoms with van der Waals surface area (Å²) in [7, 11) is 0. The molecule has 0 aliphatic carbocycles. The second kappa shape index (κ2) is 6.20. The lowest BCUT2D eigenvalue weighted by Gasteiger charge is -2.36. The number of amides is 2. The van der Waals surface area contributed by atoms with Gasteiger partial charge in [-0.3, -0.25) is 0 Å². The first-order valence-corrected chi connectivity index (χ1v) is 7.72. The van der Waals surface area contributed by atoms with Crippen molar-refractivity contribution in [3.63, 3.8) is 0 Å². The van der Waals surface area contributed by atoms with Crippen molar-refractivity contribution in [2.75, 3.05) is 31.1 Å². The minimum Gasteiger partial charge on any atom is -0.366 e. The minimum absolute atomic E-state index is 0.0424. The van der Waals surface area contributed by atoms with E-state index in [0.717, 1.165) is 29.8 Å². The summed E-state index contributed by atoms with van der Waals surface area (Å²) in [5.74, 6) is 0. The van der Waals surface area contributed by atoms with Crippen LogP contribution in [0.3, 0.4) is 0 Å². The highest BCUT2D eigenvalue weighted by Crippen LogP contribution is 2.24. The van der Waals surface area contributed by atoms with Crippen LogP contribution in [0.15, 0.2) is 35.6 Å². The third-order valence-electron chi connectivity index (χ3n) is 4.14. The Labute approximate surface area is 134 Å². The SMILES string of the molecule is C=C[C@H](C)NC(=O)N1CCN(c2cccc3[nH]c(=O)[nH]c23)CC1. The van der Waals surface area contributed by atoms with Crippen LogP contribution in [-0.4, -0.2) is 53.1 Å². The number of nitrogens with one attached hydrogen (secondary N) is 3. The molecular formula is C16H21N5O2. The molecule has 3 rings (SSSR count). The smallest absolute Gasteiger partial charge is 0.323 e. The van der Waals surface area contributed by atoms with Crippen LogP contribution in [0, 0.1) is 0 Å². The van der Waals surface area contributed by atoms with E-state index in [2.05, 4.69) is 26.8 Å². The number of hydrogen-bond acceptors (Lipinski definition) is 3. The van der Waals surface area contributed by atoms with Crippen LogP contribution in [0.25, 0.3) is 11.0 Å². The molecule has 1 fully saturated rings. The number of rotatable bonds is 3. The van der Waals surface area contributed by atoms with Gasteiger partial charge in [-0.25, -0.2) is 9.59 Å². The molecule has 3 N–H and O–H groups in total. The number of carbonyl (C=O) groups is 1. The largest absolute Gasteiger partial charge is 0.366 e. The molecular weight excluding hydrogens is 294 g/mol. The van der Waals surface area contributed by atoms with Crippen molar-refractivity contribution in [3.8, 4) is 0 Å². The first-order chi connectivity index (χ1) is 11.1. The van der Waals surface area contributed by atoms with E-state index in [1.807, 2.05) is 25.1 Å². The van der Waals surface area contributed by atoms with Crippen LogP contribution in [0.4, 0.5) is 10.5 Å². The fourth-order valence-corrected chi connectivity index (χ4v) is 2.80. The Morgan fingerprint density at radius 3 is 2.74 bits per heavy atom. The van der Waals surface area contributed by atoms with Gasteiger partial charge in [0.1, 0.15) is 0 Å². The molecule has 1 aliphatic rings. The van der Waals surface area contributed by atoms with E-state index in [4.69, 9.17) is 0 Å². The number of H-pyrrole nitrogens is 2. The van der Waals surface area contributed by atoms with Gasteiger partial charge >= 0.3 is 11.7 Å². The normalized spacial score (nSPS) is 16.4. The Morgan fingerprint density at radius 2 is 2.04 bits per heavy atom. The van der Waals surface area contributed by atoms with Crippen LogP contribution < -0.4 is 15.9 Å². The number of aromatic nitrogens is 2. The van der Waals surface area contributed by atoms with Crippen molar-refractivity contribution >= 4 is 22.8 Å². The van der Waals surface area contributed by atoms with Gasteiger partial charge in [0.2, 0.25) is 0 Å². The van der Waals surface area contributed by atoms with Gasteiger partial charge in [0.15, 0.2) is 0 Å². The zero-order valence-electron chi connectivity index (χ0n) is 13.1. The van der Waals surface area contributed by atoms with Gasteiger partial charge in [-0.15, -0.1) is 6.58 Å². The quantitative estimate of drug-likeness (QED) is 0.746. The first kappa shape index (κ1) is 15.2. The number of para-hydroxylation sites is 1. The monoisotopic (exact) mass is 315 g/mol. The molecule has 7 nitrogen and oxygen atoms in total. The topological polar surface area (TPSA) is 84.2 Å². The molecule has 1 saturated heterocycles. The minimum atomic E-state index is -0.205. The number of imidazole rings is 1. The van der Waals surface area contributed by atoms with Crippen molar-refractivity contribution in [2.45, 2.75) is 13.0 Å². The maximum Gasteiger partial charge on any atom is 0.323 e. The maximum atomic E-state index is 12.1. The van der Waals surface area contributed by atoms with Gasteiger partial charge < -0.3 is 25.1 Å². The molecule has 0 unspecified atom stereocenters. The van der Waals surface area contributed by atoms with Gasteiger partial charge in [0.25, 0.3) is 0 Å². The lowest BCUT2D eigenvalue weighted by Crippen LogP contribution is -2.53. The summed E-state index contributed by atoms with van der Waals surface area (Å²) in [6.07, 6.45) is 1.71. The molecule has 23 heavy (non-hydrogen) atoms. The summed E-state index contributed by atoms with van der Waals surface area (Å²) in [4.78, 5) is 33.2. The van der Waals surface area contributed by atoms with Gasteiger partial charge in [0, 0.05) is 32.2 Å². The van der Waals surface area contributed by atoms with Crippen LogP contribution in [0.1, 0.15) is 6.92 Å². The molecule has 1 aromatic carbocycles. The third-order valence-corrected chi connectivity index (χ3v) is 4.14. The average molecular weight is 315 g/mol. The zero-order chi connectivity index (χ0) is 16.4. The summed E-state index contributed by atoms with van der Waals surface area (Å²) in [5, 5.41) is 2.88. The average Bonchev–Trinajstić information content (AvgIpc) is 2.94. The molecule has 122 valence electrons. The van der Waals surface area contributed by atoms with Crippen LogP contribution in [-0.2, 0) is 0 Å². The molecule has 7 heteroatoms. The number of aromatic amines is 2. The Bertz CT molecular complexity index is 770. The van der Waals surface area contributed by atoms with E-state index in [1.165, 1.54) is 0 Å². The van der Waals surface area contributed by atoms with E-state index in [-0.39, 0.29) is 17.8 Å². The van der Waals surface area contributed by atoms with E-state index in [1.54, 1.807) is 11.0 Å². The maximum absolute atomic E-state index is 12.1. The summed E-state index contributed by atoms with van der Waals surface area (Å²) in [6, 6.07) is 5.68. The molecule has 1 aromatic heterocycles. The molecule has 0 saturated carbocycles. The van der Waals surface area contributed by atoms with Gasteiger partial charge in [-0.2, -0.15) is 0 Å². The first-order valence-electron chi connectivity index (χ1n) is 7.72. The summed E-state index contributed by atoms with van der Waals surface area (Å²) < 4.78 is 0. The van der Waals surface area contributed by atoms with Gasteiger partial charge in [-0.05, 0) is 19.1 Å². The fourth-order valence-electron chi connectivity index (χ4n) is 2.80. The lowest BCUT2D eigenvalue weighted by molar-refractivity contribution is 0.193. The van der Waals surface area contributed by atoms with E-state index < -0.39 is 0 Å². The van der Waals surface area contributed by atoms with Gasteiger partial charge in [-0.1, -0.05) is 12.1 Å². The van der Waals surface area contributed by atoms with Crippen molar-refractivity contribution in [2.24, 2.45) is 0 Å². The van der Waals surface area contributed by atoms with E-state index in [9.17, 15) is 9.59 Å². The van der Waals surface area contributed by atoms with Crippen molar-refractivity contribution in [1.82, 2.24) is 20.2 Å². The highest BCUT2D eigenvalue weighted by molar-refractivity contribution is 5.88. The molecule has 0 spiro atoms. The van der Waals surface area contributed by atoms with Gasteiger partial charge in [0.05, 0.1) is 16.7 Å². The lowest BCUT2D eigenvalue weighted by atomic mass is 10.2. The van der Waals surface area contributed by atoms with Crippen LogP contribution in [0.5, 0.6) is 0 Å². The van der Waals surface area contributed by atoms with Crippen molar-refractivity contribution in [1.29, 1.82) is 0 Å². The molecule has 1 aliphatic heterocycles. The standard InChI is InChI=1S/C16H21N5O2/c1-3-11(2)17-16(23)21-9-7-20(8-10-21)13-6-4-5-12-14(13)19-15(22)18-12/h3-6,11H,1,7-10H2,2H3,(H,17,23)(H2,18,19,22)/t11-/m0/s1. The number of anilines is 1. The number of piperazine rings is 1. The number of nitrogens with zero attached hydrogens (tertiary/aromatic N) is 2. The summed E-state index contributed by atoms with van der Waals surface area (Å²) in [6.45, 7) is 8.29. The number of benzene rings is 1. The van der Waals surface area contributed by atoms with Crippen LogP contribution >= 0.6 is 0 Å². The predicted octanol–water partition coefficient (Wildman–Crippen LogP) is 1.26. The predicted molar refractivity (Wildman–Crippen MR) is 90.9 cm³/mol. The molecule has 0 radical (unpaired) electrons. The zero-order valence-corrected chi connectivity index (χ0v) is 13.1. The Kier molecular flexibility index (Phi) is 4.10. The number of fused-ring (bicyclic) bond motifs is 1. The Hall–Kier alpha value is -2.70. The number of carbonyl (C=O) groups excluding carboxylic acids is 1. The Balaban J connectivity index is 1.70. The molecule has 2 aromatic rings. The molecule has 0 bridgehead atoms. The van der Waals surface area contributed by atoms with E-state index in [0.29, 0.717) is 13.1 Å². The van der Waals surface area contributed by atoms with Crippen molar-refractivity contribution in [3.05, 3.63) is 41.3 Å². The Morgan fingerprint density at radius 1 is 1.30 bits per heavy atom. The number of urea groups is 1. The highest BCUT2D eigenvalue weighted by atomic mass is 16.2. The second-order valence-corrected chi connectivity index (χ2v) is 5.73. The second-order valence-electron chi connectivity index (χ2n) is 5.73. The van der Waals surface area contributed by atoms with E-state index >= 15 is 0 Å². The highest BCUT2D eigenvalue weighted by Gasteiger charge is 2.23. The molecule has 1 atom stereocenters. The molecule has 2 amide bonds. The summed E-state index contributed by atoms with van der Waals surface area (Å²) >= 11 is 0. The fraction of sp³-hybridized carbons (Fsp3) is 0.375.